The Morgan fingerprint density at radius 2 is 1.94 bits per heavy atom. The molecular formula is C13H23N3O2. The number of rotatable bonds is 2. The van der Waals surface area contributed by atoms with Gasteiger partial charge in [0.25, 0.3) is 0 Å². The lowest BCUT2D eigenvalue weighted by atomic mass is 9.80. The van der Waals surface area contributed by atoms with Gasteiger partial charge in [-0.1, -0.05) is 13.8 Å². The molecule has 5 heteroatoms. The second kappa shape index (κ2) is 4.88. The number of urea groups is 1. The van der Waals surface area contributed by atoms with E-state index in [1.165, 1.54) is 0 Å². The third-order valence-electron chi connectivity index (χ3n) is 4.23. The number of nitrogens with zero attached hydrogens (tertiary/aromatic N) is 2. The Labute approximate surface area is 108 Å². The van der Waals surface area contributed by atoms with Gasteiger partial charge in [-0.2, -0.15) is 0 Å². The average molecular weight is 253 g/mol. The third kappa shape index (κ3) is 2.83. The molecule has 2 saturated heterocycles. The predicted molar refractivity (Wildman–Crippen MR) is 69.1 cm³/mol. The number of piperidine rings is 1. The van der Waals surface area contributed by atoms with Crippen LogP contribution in [0.2, 0.25) is 0 Å². The minimum atomic E-state index is -0.224. The fourth-order valence-corrected chi connectivity index (χ4v) is 2.72. The number of hydrogen-bond donors (Lipinski definition) is 1. The van der Waals surface area contributed by atoms with E-state index in [9.17, 15) is 9.59 Å². The zero-order valence-corrected chi connectivity index (χ0v) is 11.5. The summed E-state index contributed by atoms with van der Waals surface area (Å²) in [5, 5.41) is 2.43. The summed E-state index contributed by atoms with van der Waals surface area (Å²) in [4.78, 5) is 27.3. The molecule has 1 unspecified atom stereocenters. The first-order valence-corrected chi connectivity index (χ1v) is 6.68. The first-order valence-electron chi connectivity index (χ1n) is 6.68. The van der Waals surface area contributed by atoms with Gasteiger partial charge >= 0.3 is 6.03 Å². The molecule has 0 bridgehead atoms. The van der Waals surface area contributed by atoms with Crippen molar-refractivity contribution in [1.82, 2.24) is 15.1 Å². The van der Waals surface area contributed by atoms with Crippen LogP contribution in [0.5, 0.6) is 0 Å². The Bertz CT molecular complexity index is 348. The van der Waals surface area contributed by atoms with Crippen LogP contribution < -0.4 is 5.32 Å². The smallest absolute Gasteiger partial charge is 0.323 e. The largest absolute Gasteiger partial charge is 0.324 e. The molecule has 0 radical (unpaired) electrons. The van der Waals surface area contributed by atoms with Gasteiger partial charge in [0, 0.05) is 13.1 Å². The molecule has 0 aromatic carbocycles. The maximum atomic E-state index is 11.8. The standard InChI is InChI=1S/C13H23N3O2/c1-10-8-16(12(18)14-11(10)17)9-13(2)4-6-15(3)7-5-13/h10H,4-9H2,1-3H3,(H,14,17,18). The summed E-state index contributed by atoms with van der Waals surface area (Å²) in [7, 11) is 2.13. The molecule has 0 spiro atoms. The van der Waals surface area contributed by atoms with E-state index in [1.54, 1.807) is 4.90 Å². The predicted octanol–water partition coefficient (Wildman–Crippen LogP) is 0.906. The lowest BCUT2D eigenvalue weighted by Gasteiger charge is -2.42. The zero-order valence-electron chi connectivity index (χ0n) is 11.5. The second-order valence-electron chi connectivity index (χ2n) is 6.19. The van der Waals surface area contributed by atoms with Crippen LogP contribution in [-0.4, -0.2) is 55.0 Å². The van der Waals surface area contributed by atoms with E-state index in [4.69, 9.17) is 0 Å². The minimum Gasteiger partial charge on any atom is -0.323 e. The topological polar surface area (TPSA) is 52.6 Å². The highest BCUT2D eigenvalue weighted by Crippen LogP contribution is 2.32. The molecule has 1 atom stereocenters. The molecular weight excluding hydrogens is 230 g/mol. The molecule has 1 N–H and O–H groups in total. The maximum Gasteiger partial charge on any atom is 0.324 e. The molecule has 2 aliphatic heterocycles. The minimum absolute atomic E-state index is 0.0995. The number of carbonyl (C=O) groups is 2. The zero-order chi connectivity index (χ0) is 13.3. The number of likely N-dealkylation sites (tertiary alicyclic amines) is 1. The summed E-state index contributed by atoms with van der Waals surface area (Å²) < 4.78 is 0. The SMILES string of the molecule is CC1CN(CC2(C)CCN(C)CC2)C(=O)NC1=O. The van der Waals surface area contributed by atoms with Gasteiger partial charge in [-0.05, 0) is 38.4 Å². The van der Waals surface area contributed by atoms with Crippen LogP contribution in [0.25, 0.3) is 0 Å². The van der Waals surface area contributed by atoms with Gasteiger partial charge in [0.2, 0.25) is 5.91 Å². The van der Waals surface area contributed by atoms with Crippen molar-refractivity contribution in [2.24, 2.45) is 11.3 Å². The molecule has 2 aliphatic rings. The molecule has 0 saturated carbocycles. The Balaban J connectivity index is 1.96. The summed E-state index contributed by atoms with van der Waals surface area (Å²) in [5.74, 6) is -0.248. The Kier molecular flexibility index (Phi) is 3.61. The number of imide groups is 1. The summed E-state index contributed by atoms with van der Waals surface area (Å²) in [6.07, 6.45) is 2.21. The first kappa shape index (κ1) is 13.3. The van der Waals surface area contributed by atoms with Crippen LogP contribution in [-0.2, 0) is 4.79 Å². The highest BCUT2D eigenvalue weighted by atomic mass is 16.2. The highest BCUT2D eigenvalue weighted by molar-refractivity contribution is 5.97. The van der Waals surface area contributed by atoms with Gasteiger partial charge in [0.05, 0.1) is 5.92 Å². The van der Waals surface area contributed by atoms with E-state index in [0.717, 1.165) is 32.5 Å². The Morgan fingerprint density at radius 3 is 2.56 bits per heavy atom. The van der Waals surface area contributed by atoms with Crippen molar-refractivity contribution in [2.45, 2.75) is 26.7 Å². The molecule has 2 heterocycles. The number of nitrogens with one attached hydrogen (secondary N) is 1. The van der Waals surface area contributed by atoms with Crippen molar-refractivity contribution in [2.75, 3.05) is 33.2 Å². The van der Waals surface area contributed by atoms with Crippen molar-refractivity contribution in [3.63, 3.8) is 0 Å². The van der Waals surface area contributed by atoms with Crippen molar-refractivity contribution >= 4 is 11.9 Å². The van der Waals surface area contributed by atoms with Crippen molar-refractivity contribution in [3.8, 4) is 0 Å². The molecule has 0 aromatic heterocycles. The lowest BCUT2D eigenvalue weighted by Crippen LogP contribution is -2.56. The van der Waals surface area contributed by atoms with E-state index in [2.05, 4.69) is 24.2 Å². The number of hydrogen-bond acceptors (Lipinski definition) is 3. The van der Waals surface area contributed by atoms with Crippen LogP contribution in [0.4, 0.5) is 4.79 Å². The number of amides is 3. The normalized spacial score (nSPS) is 29.3. The molecule has 0 aliphatic carbocycles. The molecule has 2 rings (SSSR count). The van der Waals surface area contributed by atoms with Crippen LogP contribution in [0, 0.1) is 11.3 Å². The summed E-state index contributed by atoms with van der Waals surface area (Å²) in [6, 6.07) is -0.224. The summed E-state index contributed by atoms with van der Waals surface area (Å²) >= 11 is 0. The summed E-state index contributed by atoms with van der Waals surface area (Å²) in [6.45, 7) is 7.58. The van der Waals surface area contributed by atoms with Crippen molar-refractivity contribution in [1.29, 1.82) is 0 Å². The van der Waals surface area contributed by atoms with Crippen LogP contribution in [0.1, 0.15) is 26.7 Å². The molecule has 18 heavy (non-hydrogen) atoms. The van der Waals surface area contributed by atoms with Crippen molar-refractivity contribution in [3.05, 3.63) is 0 Å². The van der Waals surface area contributed by atoms with E-state index < -0.39 is 0 Å². The van der Waals surface area contributed by atoms with Crippen LogP contribution in [0.3, 0.4) is 0 Å². The molecule has 2 fully saturated rings. The van der Waals surface area contributed by atoms with Gasteiger partial charge in [-0.15, -0.1) is 0 Å². The van der Waals surface area contributed by atoms with E-state index in [1.807, 2.05) is 6.92 Å². The van der Waals surface area contributed by atoms with Gasteiger partial charge in [0.15, 0.2) is 0 Å². The fourth-order valence-electron chi connectivity index (χ4n) is 2.72. The Morgan fingerprint density at radius 1 is 1.33 bits per heavy atom. The quantitative estimate of drug-likeness (QED) is 0.795. The van der Waals surface area contributed by atoms with Crippen molar-refractivity contribution < 1.29 is 9.59 Å². The molecule has 102 valence electrons. The van der Waals surface area contributed by atoms with Gasteiger partial charge in [-0.25, -0.2) is 4.79 Å². The first-order chi connectivity index (χ1) is 8.39. The van der Waals surface area contributed by atoms with E-state index >= 15 is 0 Å². The van der Waals surface area contributed by atoms with E-state index in [0.29, 0.717) is 6.54 Å². The monoisotopic (exact) mass is 253 g/mol. The maximum absolute atomic E-state index is 11.8. The van der Waals surface area contributed by atoms with Gasteiger partial charge in [0.1, 0.15) is 0 Å². The average Bonchev–Trinajstić information content (AvgIpc) is 2.30. The Hall–Kier alpha value is -1.10. The molecule has 5 nitrogen and oxygen atoms in total. The van der Waals surface area contributed by atoms with E-state index in [-0.39, 0.29) is 23.3 Å². The lowest BCUT2D eigenvalue weighted by molar-refractivity contribution is -0.125. The van der Waals surface area contributed by atoms with Crippen LogP contribution in [0.15, 0.2) is 0 Å². The molecule has 0 aromatic rings. The van der Waals surface area contributed by atoms with Crippen LogP contribution >= 0.6 is 0 Å². The van der Waals surface area contributed by atoms with Gasteiger partial charge in [-0.3, -0.25) is 10.1 Å². The fraction of sp³-hybridized carbons (Fsp3) is 0.846. The second-order valence-corrected chi connectivity index (χ2v) is 6.19. The molecule has 3 amide bonds. The van der Waals surface area contributed by atoms with Gasteiger partial charge < -0.3 is 9.80 Å². The summed E-state index contributed by atoms with van der Waals surface area (Å²) in [5.41, 5.74) is 0.184. The number of carbonyl (C=O) groups excluding carboxylic acids is 2. The third-order valence-corrected chi connectivity index (χ3v) is 4.23. The highest BCUT2D eigenvalue weighted by Gasteiger charge is 2.36.